The van der Waals surface area contributed by atoms with E-state index in [0.717, 1.165) is 16.8 Å². The van der Waals surface area contributed by atoms with Crippen LogP contribution in [-0.2, 0) is 0 Å². The molecule has 1 atom stereocenters. The summed E-state index contributed by atoms with van der Waals surface area (Å²) in [5.41, 5.74) is 1.32. The number of hydrogen-bond acceptors (Lipinski definition) is 2. The molecule has 0 bridgehead atoms. The first-order valence-electron chi connectivity index (χ1n) is 6.42. The summed E-state index contributed by atoms with van der Waals surface area (Å²) in [6.07, 6.45) is 0. The Bertz CT molecular complexity index is 501. The molecule has 1 N–H and O–H groups in total. The largest absolute Gasteiger partial charge is 0.309 e. The quantitative estimate of drug-likeness (QED) is 0.595. The molecule has 0 heterocycles. The Morgan fingerprint density at radius 3 is 2.63 bits per heavy atom. The van der Waals surface area contributed by atoms with Gasteiger partial charge in [-0.2, -0.15) is 0 Å². The summed E-state index contributed by atoms with van der Waals surface area (Å²) < 4.78 is 1.14. The van der Waals surface area contributed by atoms with Gasteiger partial charge in [-0.05, 0) is 36.8 Å². The van der Waals surface area contributed by atoms with Crippen molar-refractivity contribution in [2.24, 2.45) is 0 Å². The predicted octanol–water partition coefficient (Wildman–Crippen LogP) is 4.89. The van der Waals surface area contributed by atoms with Crippen molar-refractivity contribution in [3.8, 4) is 0 Å². The molecule has 0 amide bonds. The van der Waals surface area contributed by atoms with E-state index in [2.05, 4.69) is 82.8 Å². The topological polar surface area (TPSA) is 12.0 Å². The van der Waals surface area contributed by atoms with E-state index in [1.165, 1.54) is 10.5 Å². The highest BCUT2D eigenvalue weighted by Gasteiger charge is 2.04. The maximum atomic E-state index is 3.55. The summed E-state index contributed by atoms with van der Waals surface area (Å²) in [5.74, 6) is 1.09. The van der Waals surface area contributed by atoms with Crippen molar-refractivity contribution in [2.75, 3.05) is 12.3 Å². The maximum Gasteiger partial charge on any atom is 0.0292 e. The molecule has 0 aliphatic rings. The smallest absolute Gasteiger partial charge is 0.0292 e. The van der Waals surface area contributed by atoms with Crippen molar-refractivity contribution in [1.29, 1.82) is 0 Å². The van der Waals surface area contributed by atoms with Gasteiger partial charge in [-0.25, -0.2) is 0 Å². The lowest BCUT2D eigenvalue weighted by Gasteiger charge is -2.14. The van der Waals surface area contributed by atoms with Crippen LogP contribution in [-0.4, -0.2) is 12.3 Å². The fourth-order valence-electron chi connectivity index (χ4n) is 1.85. The molecular weight excluding hydrogens is 318 g/mol. The van der Waals surface area contributed by atoms with Crippen LogP contribution >= 0.6 is 27.7 Å². The normalized spacial score (nSPS) is 12.3. The summed E-state index contributed by atoms with van der Waals surface area (Å²) in [6.45, 7) is 3.21. The third-order valence-electron chi connectivity index (χ3n) is 2.91. The summed E-state index contributed by atoms with van der Waals surface area (Å²) in [4.78, 5) is 1.33. The Hall–Kier alpha value is -0.770. The van der Waals surface area contributed by atoms with Gasteiger partial charge in [0.2, 0.25) is 0 Å². The van der Waals surface area contributed by atoms with Crippen molar-refractivity contribution >= 4 is 27.7 Å². The van der Waals surface area contributed by atoms with Gasteiger partial charge in [-0.15, -0.1) is 11.8 Å². The van der Waals surface area contributed by atoms with E-state index in [1.54, 1.807) is 0 Å². The SMILES string of the molecule is CC(NCCSc1ccccc1)c1cccc(Br)c1. The summed E-state index contributed by atoms with van der Waals surface area (Å²) >= 11 is 5.40. The lowest BCUT2D eigenvalue weighted by Crippen LogP contribution is -2.21. The fourth-order valence-corrected chi connectivity index (χ4v) is 3.08. The van der Waals surface area contributed by atoms with E-state index in [0.29, 0.717) is 6.04 Å². The van der Waals surface area contributed by atoms with Crippen LogP contribution in [0.4, 0.5) is 0 Å². The van der Waals surface area contributed by atoms with Crippen LogP contribution in [0.5, 0.6) is 0 Å². The van der Waals surface area contributed by atoms with Gasteiger partial charge in [0.15, 0.2) is 0 Å². The molecule has 0 radical (unpaired) electrons. The Morgan fingerprint density at radius 1 is 1.11 bits per heavy atom. The Morgan fingerprint density at radius 2 is 1.89 bits per heavy atom. The van der Waals surface area contributed by atoms with Crippen LogP contribution in [0.15, 0.2) is 64.0 Å². The first-order chi connectivity index (χ1) is 9.25. The first kappa shape index (κ1) is 14.6. The Balaban J connectivity index is 1.74. The average molecular weight is 336 g/mol. The van der Waals surface area contributed by atoms with E-state index in [1.807, 2.05) is 11.8 Å². The van der Waals surface area contributed by atoms with Crippen LogP contribution in [0.2, 0.25) is 0 Å². The van der Waals surface area contributed by atoms with E-state index >= 15 is 0 Å². The van der Waals surface area contributed by atoms with E-state index < -0.39 is 0 Å². The lowest BCUT2D eigenvalue weighted by atomic mass is 10.1. The second-order valence-electron chi connectivity index (χ2n) is 4.39. The lowest BCUT2D eigenvalue weighted by molar-refractivity contribution is 0.601. The number of benzene rings is 2. The zero-order chi connectivity index (χ0) is 13.5. The van der Waals surface area contributed by atoms with Gasteiger partial charge < -0.3 is 5.32 Å². The molecule has 2 aromatic rings. The highest BCUT2D eigenvalue weighted by Crippen LogP contribution is 2.19. The Labute approximate surface area is 127 Å². The van der Waals surface area contributed by atoms with Crippen LogP contribution < -0.4 is 5.32 Å². The molecule has 0 aromatic heterocycles. The highest BCUT2D eigenvalue weighted by molar-refractivity contribution is 9.10. The fraction of sp³-hybridized carbons (Fsp3) is 0.250. The van der Waals surface area contributed by atoms with Crippen LogP contribution in [0.25, 0.3) is 0 Å². The minimum absolute atomic E-state index is 0.383. The zero-order valence-electron chi connectivity index (χ0n) is 11.0. The maximum absolute atomic E-state index is 3.55. The zero-order valence-corrected chi connectivity index (χ0v) is 13.4. The second kappa shape index (κ2) is 7.73. The molecule has 100 valence electrons. The van der Waals surface area contributed by atoms with E-state index in [9.17, 15) is 0 Å². The minimum Gasteiger partial charge on any atom is -0.309 e. The number of halogens is 1. The first-order valence-corrected chi connectivity index (χ1v) is 8.20. The molecule has 2 rings (SSSR count). The second-order valence-corrected chi connectivity index (χ2v) is 6.48. The molecular formula is C16H18BrNS. The van der Waals surface area contributed by atoms with Crippen LogP contribution in [0.1, 0.15) is 18.5 Å². The molecule has 19 heavy (non-hydrogen) atoms. The average Bonchev–Trinajstić information content (AvgIpc) is 2.44. The number of hydrogen-bond donors (Lipinski definition) is 1. The van der Waals surface area contributed by atoms with Gasteiger partial charge in [-0.3, -0.25) is 0 Å². The Kier molecular flexibility index (Phi) is 5.95. The third kappa shape index (κ3) is 5.01. The van der Waals surface area contributed by atoms with Crippen LogP contribution in [0.3, 0.4) is 0 Å². The number of thioether (sulfide) groups is 1. The minimum atomic E-state index is 0.383. The molecule has 1 unspecified atom stereocenters. The van der Waals surface area contributed by atoms with Crippen molar-refractivity contribution in [1.82, 2.24) is 5.32 Å². The molecule has 2 aromatic carbocycles. The predicted molar refractivity (Wildman–Crippen MR) is 87.7 cm³/mol. The van der Waals surface area contributed by atoms with Crippen molar-refractivity contribution in [3.05, 3.63) is 64.6 Å². The molecule has 1 nitrogen and oxygen atoms in total. The van der Waals surface area contributed by atoms with E-state index in [-0.39, 0.29) is 0 Å². The monoisotopic (exact) mass is 335 g/mol. The third-order valence-corrected chi connectivity index (χ3v) is 4.42. The summed E-state index contributed by atoms with van der Waals surface area (Å²) in [5, 5.41) is 3.55. The standard InChI is InChI=1S/C16H18BrNS/c1-13(14-6-5-7-15(17)12-14)18-10-11-19-16-8-3-2-4-9-16/h2-9,12-13,18H,10-11H2,1H3. The van der Waals surface area contributed by atoms with Crippen molar-refractivity contribution < 1.29 is 0 Å². The summed E-state index contributed by atoms with van der Waals surface area (Å²) in [7, 11) is 0. The van der Waals surface area contributed by atoms with Gasteiger partial charge in [0.1, 0.15) is 0 Å². The van der Waals surface area contributed by atoms with Crippen molar-refractivity contribution in [2.45, 2.75) is 17.9 Å². The molecule has 0 fully saturated rings. The molecule has 0 spiro atoms. The number of nitrogens with one attached hydrogen (secondary N) is 1. The molecule has 0 saturated heterocycles. The van der Waals surface area contributed by atoms with Gasteiger partial charge in [-0.1, -0.05) is 46.3 Å². The van der Waals surface area contributed by atoms with Gasteiger partial charge in [0.05, 0.1) is 0 Å². The highest BCUT2D eigenvalue weighted by atomic mass is 79.9. The van der Waals surface area contributed by atoms with Gasteiger partial charge in [0, 0.05) is 27.7 Å². The molecule has 3 heteroatoms. The van der Waals surface area contributed by atoms with Crippen molar-refractivity contribution in [3.63, 3.8) is 0 Å². The van der Waals surface area contributed by atoms with Gasteiger partial charge >= 0.3 is 0 Å². The van der Waals surface area contributed by atoms with Gasteiger partial charge in [0.25, 0.3) is 0 Å². The number of rotatable bonds is 6. The molecule has 0 aliphatic heterocycles. The van der Waals surface area contributed by atoms with Crippen LogP contribution in [0, 0.1) is 0 Å². The molecule has 0 saturated carbocycles. The van der Waals surface area contributed by atoms with E-state index in [4.69, 9.17) is 0 Å². The molecule has 0 aliphatic carbocycles. The summed E-state index contributed by atoms with van der Waals surface area (Å²) in [6, 6.07) is 19.4.